The van der Waals surface area contributed by atoms with Gasteiger partial charge in [0.25, 0.3) is 0 Å². The Balaban J connectivity index is 2.62. The average molecular weight is 150 g/mol. The Bertz CT molecular complexity index is 188. The van der Waals surface area contributed by atoms with Gasteiger partial charge >= 0.3 is 0 Å². The summed E-state index contributed by atoms with van der Waals surface area (Å²) in [7, 11) is 5.20. The second-order valence-corrected chi connectivity index (χ2v) is 3.46. The minimum absolute atomic E-state index is 0.253. The third-order valence-corrected chi connectivity index (χ3v) is 2.51. The fourth-order valence-corrected chi connectivity index (χ4v) is 1.33. The van der Waals surface area contributed by atoms with Crippen LogP contribution in [0, 0.1) is 5.41 Å². The van der Waals surface area contributed by atoms with Crippen LogP contribution in [0.1, 0.15) is 32.6 Å². The van der Waals surface area contributed by atoms with Crippen molar-refractivity contribution in [3.8, 4) is 0 Å². The van der Waals surface area contributed by atoms with Gasteiger partial charge in [-0.2, -0.15) is 0 Å². The van der Waals surface area contributed by atoms with Gasteiger partial charge in [-0.25, -0.2) is 0 Å². The first-order valence-electron chi connectivity index (χ1n) is 3.86. The first kappa shape index (κ1) is 8.50. The van der Waals surface area contributed by atoms with E-state index in [-0.39, 0.29) is 11.5 Å². The van der Waals surface area contributed by atoms with Crippen molar-refractivity contribution in [2.45, 2.75) is 32.6 Å². The molecule has 3 heteroatoms. The molecule has 1 rings (SSSR count). The first-order valence-corrected chi connectivity index (χ1v) is 3.86. The van der Waals surface area contributed by atoms with Gasteiger partial charge in [-0.05, 0) is 12.8 Å². The molecule has 2 nitrogen and oxygen atoms in total. The third kappa shape index (κ3) is 1.70. The molecule has 0 N–H and O–H groups in total. The zero-order valence-electron chi connectivity index (χ0n) is 6.72. The van der Waals surface area contributed by atoms with E-state index in [1.807, 2.05) is 6.92 Å². The maximum Gasteiger partial charge on any atom is 0.168 e. The standard InChI is InChI=1S/C8H11BO2/c1-8(7(9)11)4-2-6(10)3-5-8/h2-5H2,1H3. The second-order valence-electron chi connectivity index (χ2n) is 3.46. The Morgan fingerprint density at radius 2 is 1.91 bits per heavy atom. The van der Waals surface area contributed by atoms with Gasteiger partial charge in [0.15, 0.2) is 7.85 Å². The highest BCUT2D eigenvalue weighted by Gasteiger charge is 2.33. The van der Waals surface area contributed by atoms with Crippen LogP contribution in [0.2, 0.25) is 0 Å². The maximum atomic E-state index is 10.9. The van der Waals surface area contributed by atoms with Gasteiger partial charge < -0.3 is 4.79 Å². The van der Waals surface area contributed by atoms with Gasteiger partial charge in [0.05, 0.1) is 5.68 Å². The van der Waals surface area contributed by atoms with Crippen LogP contribution < -0.4 is 0 Å². The van der Waals surface area contributed by atoms with E-state index in [1.54, 1.807) is 0 Å². The predicted molar refractivity (Wildman–Crippen MR) is 42.3 cm³/mol. The summed E-state index contributed by atoms with van der Waals surface area (Å²) in [6.45, 7) is 1.84. The molecule has 0 aliphatic heterocycles. The van der Waals surface area contributed by atoms with Crippen LogP contribution in [0.3, 0.4) is 0 Å². The van der Waals surface area contributed by atoms with E-state index < -0.39 is 5.41 Å². The second kappa shape index (κ2) is 2.80. The summed E-state index contributed by atoms with van der Waals surface area (Å²) in [5.41, 5.74) is -0.696. The van der Waals surface area contributed by atoms with Crippen molar-refractivity contribution in [2.24, 2.45) is 5.41 Å². The lowest BCUT2D eigenvalue weighted by Crippen LogP contribution is -2.32. The first-order chi connectivity index (χ1) is 5.04. The van der Waals surface area contributed by atoms with Crippen LogP contribution in [-0.4, -0.2) is 19.3 Å². The van der Waals surface area contributed by atoms with E-state index in [1.165, 1.54) is 0 Å². The molecule has 1 saturated carbocycles. The van der Waals surface area contributed by atoms with Crippen LogP contribution in [0.25, 0.3) is 0 Å². The molecule has 0 atom stereocenters. The molecule has 1 fully saturated rings. The molecule has 0 unspecified atom stereocenters. The Hall–Kier alpha value is -0.595. The molecular weight excluding hydrogens is 139 g/mol. The zero-order chi connectivity index (χ0) is 8.48. The summed E-state index contributed by atoms with van der Waals surface area (Å²) in [6, 6.07) is 0. The molecule has 0 heterocycles. The predicted octanol–water partition coefficient (Wildman–Crippen LogP) is 0.831. The summed E-state index contributed by atoms with van der Waals surface area (Å²) >= 11 is 0. The van der Waals surface area contributed by atoms with E-state index in [0.717, 1.165) is 0 Å². The fourth-order valence-electron chi connectivity index (χ4n) is 1.33. The normalized spacial score (nSPS) is 23.2. The number of rotatable bonds is 1. The van der Waals surface area contributed by atoms with Gasteiger partial charge in [0.2, 0.25) is 0 Å². The smallest absolute Gasteiger partial charge is 0.168 e. The molecule has 1 aliphatic carbocycles. The summed E-state index contributed by atoms with van der Waals surface area (Å²) < 4.78 is 0. The molecule has 0 aromatic carbocycles. The van der Waals surface area contributed by atoms with E-state index in [9.17, 15) is 9.59 Å². The van der Waals surface area contributed by atoms with Crippen molar-refractivity contribution in [3.05, 3.63) is 0 Å². The molecule has 1 aliphatic rings. The van der Waals surface area contributed by atoms with Gasteiger partial charge in [-0.15, -0.1) is 0 Å². The highest BCUT2D eigenvalue weighted by atomic mass is 16.1. The van der Waals surface area contributed by atoms with Crippen LogP contribution in [0.4, 0.5) is 0 Å². The molecule has 2 radical (unpaired) electrons. The Labute approximate surface area is 67.8 Å². The van der Waals surface area contributed by atoms with Crippen molar-refractivity contribution in [1.82, 2.24) is 0 Å². The fraction of sp³-hybridized carbons (Fsp3) is 0.750. The van der Waals surface area contributed by atoms with Crippen molar-refractivity contribution >= 4 is 19.3 Å². The number of carbonyl (C=O) groups excluding carboxylic acids is 2. The molecule has 0 saturated heterocycles. The quantitative estimate of drug-likeness (QED) is 0.518. The third-order valence-electron chi connectivity index (χ3n) is 2.51. The number of Topliss-reactive ketones (excluding diaryl/α,β-unsaturated/α-hetero) is 1. The molecule has 0 amide bonds. The summed E-state index contributed by atoms with van der Waals surface area (Å²) in [4.78, 5) is 21.7. The van der Waals surface area contributed by atoms with Gasteiger partial charge in [0.1, 0.15) is 5.78 Å². The number of hydrogen-bond acceptors (Lipinski definition) is 2. The lowest BCUT2D eigenvalue weighted by Gasteiger charge is -2.30. The maximum absolute atomic E-state index is 10.9. The Morgan fingerprint density at radius 3 is 2.27 bits per heavy atom. The van der Waals surface area contributed by atoms with E-state index in [0.29, 0.717) is 25.7 Å². The van der Waals surface area contributed by atoms with Crippen LogP contribution >= 0.6 is 0 Å². The van der Waals surface area contributed by atoms with Crippen LogP contribution in [0.5, 0.6) is 0 Å². The molecule has 0 aromatic rings. The Morgan fingerprint density at radius 1 is 1.45 bits per heavy atom. The monoisotopic (exact) mass is 150 g/mol. The van der Waals surface area contributed by atoms with E-state index >= 15 is 0 Å². The Kier molecular flexibility index (Phi) is 2.16. The minimum Gasteiger partial charge on any atom is -0.312 e. The molecule has 58 valence electrons. The summed E-state index contributed by atoms with van der Waals surface area (Å²) in [5, 5.41) is 0. The summed E-state index contributed by atoms with van der Waals surface area (Å²) in [6.07, 6.45) is 2.28. The lowest BCUT2D eigenvalue weighted by atomic mass is 9.67. The van der Waals surface area contributed by atoms with E-state index in [2.05, 4.69) is 0 Å². The summed E-state index contributed by atoms with van der Waals surface area (Å²) in [5.74, 6) is 0.253. The molecule has 0 aromatic heterocycles. The topological polar surface area (TPSA) is 34.1 Å². The molecular formula is C8H11BO2. The largest absolute Gasteiger partial charge is 0.312 e. The van der Waals surface area contributed by atoms with Crippen LogP contribution in [0.15, 0.2) is 0 Å². The van der Waals surface area contributed by atoms with Gasteiger partial charge in [-0.3, -0.25) is 4.79 Å². The number of ketones is 1. The van der Waals surface area contributed by atoms with E-state index in [4.69, 9.17) is 7.85 Å². The van der Waals surface area contributed by atoms with Crippen molar-refractivity contribution < 1.29 is 9.59 Å². The van der Waals surface area contributed by atoms with Crippen LogP contribution in [-0.2, 0) is 9.59 Å². The average Bonchev–Trinajstić information content (AvgIpc) is 1.95. The zero-order valence-corrected chi connectivity index (χ0v) is 6.72. The van der Waals surface area contributed by atoms with Crippen molar-refractivity contribution in [1.29, 1.82) is 0 Å². The lowest BCUT2D eigenvalue weighted by molar-refractivity contribution is -0.127. The highest BCUT2D eigenvalue weighted by molar-refractivity contribution is 6.59. The number of hydrogen-bond donors (Lipinski definition) is 0. The molecule has 11 heavy (non-hydrogen) atoms. The minimum atomic E-state index is -0.423. The van der Waals surface area contributed by atoms with Gasteiger partial charge in [0, 0.05) is 18.3 Å². The molecule has 0 spiro atoms. The van der Waals surface area contributed by atoms with Gasteiger partial charge in [-0.1, -0.05) is 6.92 Å². The van der Waals surface area contributed by atoms with Crippen molar-refractivity contribution in [3.63, 3.8) is 0 Å². The highest BCUT2D eigenvalue weighted by Crippen LogP contribution is 2.34. The SMILES string of the molecule is [B]C(=O)C1(C)CCC(=O)CC1. The molecule has 0 bridgehead atoms. The number of carbonyl (C=O) groups is 2. The van der Waals surface area contributed by atoms with Crippen molar-refractivity contribution in [2.75, 3.05) is 0 Å².